The van der Waals surface area contributed by atoms with E-state index >= 15 is 0 Å². The molecule has 0 aliphatic heterocycles. The first-order valence-electron chi connectivity index (χ1n) is 10.6. The molecule has 29 heavy (non-hydrogen) atoms. The Morgan fingerprint density at radius 1 is 1.17 bits per heavy atom. The van der Waals surface area contributed by atoms with E-state index in [1.54, 1.807) is 6.20 Å². The number of nitrogens with zero attached hydrogens (tertiary/aromatic N) is 2. The van der Waals surface area contributed by atoms with Crippen molar-refractivity contribution in [3.63, 3.8) is 0 Å². The fourth-order valence-corrected chi connectivity index (χ4v) is 4.14. The van der Waals surface area contributed by atoms with Crippen LogP contribution >= 0.6 is 0 Å². The van der Waals surface area contributed by atoms with Crippen molar-refractivity contribution in [1.82, 2.24) is 20.5 Å². The maximum atomic E-state index is 12.5. The van der Waals surface area contributed by atoms with Gasteiger partial charge >= 0.3 is 0 Å². The van der Waals surface area contributed by atoms with Gasteiger partial charge in [-0.25, -0.2) is 4.98 Å². The summed E-state index contributed by atoms with van der Waals surface area (Å²) < 4.78 is 0. The van der Waals surface area contributed by atoms with Crippen molar-refractivity contribution in [3.05, 3.63) is 53.9 Å². The number of aromatic amines is 1. The minimum Gasteiger partial charge on any atom is -0.367 e. The van der Waals surface area contributed by atoms with Gasteiger partial charge < -0.3 is 10.6 Å². The molecule has 1 fully saturated rings. The molecule has 6 heteroatoms. The van der Waals surface area contributed by atoms with Gasteiger partial charge in [0, 0.05) is 31.1 Å². The number of aromatic nitrogens is 3. The fraction of sp³-hybridized carbons (Fsp3) is 0.435. The van der Waals surface area contributed by atoms with Crippen LogP contribution in [0.15, 0.2) is 42.6 Å². The number of amides is 1. The molecule has 1 saturated carbocycles. The minimum absolute atomic E-state index is 0.0203. The molecule has 0 saturated heterocycles. The molecule has 2 heterocycles. The summed E-state index contributed by atoms with van der Waals surface area (Å²) >= 11 is 0. The average molecular weight is 392 g/mol. The molecule has 1 aromatic carbocycles. The van der Waals surface area contributed by atoms with Crippen LogP contribution < -0.4 is 10.6 Å². The molecule has 3 N–H and O–H groups in total. The van der Waals surface area contributed by atoms with Gasteiger partial charge in [-0.05, 0) is 24.5 Å². The molecule has 1 amide bonds. The van der Waals surface area contributed by atoms with Gasteiger partial charge in [-0.15, -0.1) is 0 Å². The Morgan fingerprint density at radius 3 is 2.76 bits per heavy atom. The lowest BCUT2D eigenvalue weighted by molar-refractivity contribution is -0.121. The fourth-order valence-electron chi connectivity index (χ4n) is 4.14. The van der Waals surface area contributed by atoms with Crippen molar-refractivity contribution >= 4 is 22.6 Å². The molecule has 0 radical (unpaired) electrons. The third-order valence-electron chi connectivity index (χ3n) is 5.76. The Balaban J connectivity index is 1.45. The number of fused-ring (bicyclic) bond motifs is 1. The average Bonchev–Trinajstić information content (AvgIpc) is 3.19. The topological polar surface area (TPSA) is 82.7 Å². The van der Waals surface area contributed by atoms with E-state index in [1.807, 2.05) is 36.4 Å². The van der Waals surface area contributed by atoms with Crippen LogP contribution in [0.25, 0.3) is 10.9 Å². The summed E-state index contributed by atoms with van der Waals surface area (Å²) in [6.07, 6.45) is 8.43. The lowest BCUT2D eigenvalue weighted by atomic mass is 9.95. The normalized spacial score (nSPS) is 15.9. The number of pyridine rings is 1. The standard InChI is InChI=1S/C23H29N5O/c1-16(14-20(29)25-15-17-8-4-2-5-9-17)22-21-19(27-28-22)12-13-24-23(21)26-18-10-6-3-7-11-18/h2,4-5,8-9,12-13,16,18H,3,6-7,10-11,14-15H2,1H3,(H,24,26)(H,25,29)(H,27,28). The first-order valence-corrected chi connectivity index (χ1v) is 10.6. The van der Waals surface area contributed by atoms with E-state index in [4.69, 9.17) is 0 Å². The Kier molecular flexibility index (Phi) is 6.08. The van der Waals surface area contributed by atoms with Crippen LogP contribution in [0, 0.1) is 0 Å². The third kappa shape index (κ3) is 4.75. The van der Waals surface area contributed by atoms with Crippen molar-refractivity contribution in [1.29, 1.82) is 0 Å². The Morgan fingerprint density at radius 2 is 1.97 bits per heavy atom. The van der Waals surface area contributed by atoms with E-state index in [1.165, 1.54) is 32.1 Å². The lowest BCUT2D eigenvalue weighted by Gasteiger charge is -2.24. The van der Waals surface area contributed by atoms with E-state index in [9.17, 15) is 4.79 Å². The van der Waals surface area contributed by atoms with E-state index in [0.29, 0.717) is 19.0 Å². The summed E-state index contributed by atoms with van der Waals surface area (Å²) in [5.41, 5.74) is 2.97. The molecule has 1 unspecified atom stereocenters. The molecule has 3 aromatic rings. The zero-order valence-electron chi connectivity index (χ0n) is 16.9. The highest BCUT2D eigenvalue weighted by Gasteiger charge is 2.21. The number of anilines is 1. The molecule has 0 spiro atoms. The van der Waals surface area contributed by atoms with E-state index < -0.39 is 0 Å². The molecular formula is C23H29N5O. The van der Waals surface area contributed by atoms with Crippen LogP contribution in [-0.4, -0.2) is 27.1 Å². The highest BCUT2D eigenvalue weighted by atomic mass is 16.1. The van der Waals surface area contributed by atoms with Crippen LogP contribution in [-0.2, 0) is 11.3 Å². The molecule has 0 bridgehead atoms. The molecule has 1 atom stereocenters. The van der Waals surface area contributed by atoms with Gasteiger partial charge in [-0.2, -0.15) is 5.10 Å². The highest BCUT2D eigenvalue weighted by Crippen LogP contribution is 2.31. The summed E-state index contributed by atoms with van der Waals surface area (Å²) in [6.45, 7) is 2.61. The van der Waals surface area contributed by atoms with Crippen molar-refractivity contribution < 1.29 is 4.79 Å². The Hall–Kier alpha value is -2.89. The third-order valence-corrected chi connectivity index (χ3v) is 5.76. The number of hydrogen-bond acceptors (Lipinski definition) is 4. The van der Waals surface area contributed by atoms with Gasteiger partial charge in [-0.1, -0.05) is 56.5 Å². The molecule has 1 aliphatic rings. The number of hydrogen-bond donors (Lipinski definition) is 3. The number of nitrogens with one attached hydrogen (secondary N) is 3. The summed E-state index contributed by atoms with van der Waals surface area (Å²) in [5, 5.41) is 15.3. The molecule has 152 valence electrons. The van der Waals surface area contributed by atoms with Gasteiger partial charge in [0.05, 0.1) is 16.6 Å². The second-order valence-corrected chi connectivity index (χ2v) is 8.04. The monoisotopic (exact) mass is 391 g/mol. The number of carbonyl (C=O) groups excluding carboxylic acids is 1. The summed E-state index contributed by atoms with van der Waals surface area (Å²) in [4.78, 5) is 17.1. The Bertz CT molecular complexity index is 946. The zero-order chi connectivity index (χ0) is 20.1. The van der Waals surface area contributed by atoms with E-state index in [2.05, 4.69) is 32.7 Å². The summed E-state index contributed by atoms with van der Waals surface area (Å²) in [5.74, 6) is 0.941. The van der Waals surface area contributed by atoms with Gasteiger partial charge in [0.25, 0.3) is 0 Å². The Labute approximate surface area is 171 Å². The molecular weight excluding hydrogens is 362 g/mol. The lowest BCUT2D eigenvalue weighted by Crippen LogP contribution is -2.24. The quantitative estimate of drug-likeness (QED) is 0.553. The SMILES string of the molecule is CC(CC(=O)NCc1ccccc1)c1[nH]nc2ccnc(NC3CCCCC3)c12. The molecule has 4 rings (SSSR count). The summed E-state index contributed by atoms with van der Waals surface area (Å²) in [6, 6.07) is 12.4. The second kappa shape index (κ2) is 9.07. The van der Waals surface area contributed by atoms with Crippen LogP contribution in [0.5, 0.6) is 0 Å². The molecule has 1 aliphatic carbocycles. The molecule has 6 nitrogen and oxygen atoms in total. The second-order valence-electron chi connectivity index (χ2n) is 8.04. The highest BCUT2D eigenvalue weighted by molar-refractivity contribution is 5.92. The van der Waals surface area contributed by atoms with E-state index in [0.717, 1.165) is 28.0 Å². The predicted octanol–water partition coefficient (Wildman–Crippen LogP) is 4.51. The number of benzene rings is 1. The van der Waals surface area contributed by atoms with Crippen LogP contribution in [0.3, 0.4) is 0 Å². The smallest absolute Gasteiger partial charge is 0.220 e. The molecule has 2 aromatic heterocycles. The first kappa shape index (κ1) is 19.4. The van der Waals surface area contributed by atoms with E-state index in [-0.39, 0.29) is 11.8 Å². The number of carbonyl (C=O) groups is 1. The summed E-state index contributed by atoms with van der Waals surface area (Å²) in [7, 11) is 0. The van der Waals surface area contributed by atoms with Gasteiger partial charge in [0.15, 0.2) is 0 Å². The number of H-pyrrole nitrogens is 1. The van der Waals surface area contributed by atoms with Crippen molar-refractivity contribution in [2.24, 2.45) is 0 Å². The largest absolute Gasteiger partial charge is 0.367 e. The van der Waals surface area contributed by atoms with Crippen LogP contribution in [0.1, 0.15) is 62.6 Å². The van der Waals surface area contributed by atoms with Crippen molar-refractivity contribution in [3.8, 4) is 0 Å². The van der Waals surface area contributed by atoms with Gasteiger partial charge in [0.1, 0.15) is 5.82 Å². The maximum absolute atomic E-state index is 12.5. The van der Waals surface area contributed by atoms with Gasteiger partial charge in [-0.3, -0.25) is 9.89 Å². The first-order chi connectivity index (χ1) is 14.2. The van der Waals surface area contributed by atoms with Crippen molar-refractivity contribution in [2.45, 2.75) is 64.0 Å². The number of rotatable bonds is 7. The van der Waals surface area contributed by atoms with Crippen LogP contribution in [0.2, 0.25) is 0 Å². The zero-order valence-corrected chi connectivity index (χ0v) is 16.9. The maximum Gasteiger partial charge on any atom is 0.220 e. The van der Waals surface area contributed by atoms with Crippen molar-refractivity contribution in [2.75, 3.05) is 5.32 Å². The van der Waals surface area contributed by atoms with Gasteiger partial charge in [0.2, 0.25) is 5.91 Å². The predicted molar refractivity (Wildman–Crippen MR) is 116 cm³/mol. The minimum atomic E-state index is 0.0203. The van der Waals surface area contributed by atoms with Crippen LogP contribution in [0.4, 0.5) is 5.82 Å².